The molecule has 10 heteroatoms. The van der Waals surface area contributed by atoms with Crippen LogP contribution in [0, 0.1) is 11.6 Å². The maximum absolute atomic E-state index is 14.5. The second-order valence-corrected chi connectivity index (χ2v) is 9.16. The van der Waals surface area contributed by atoms with Gasteiger partial charge in [-0.05, 0) is 49.9 Å². The second-order valence-electron chi connectivity index (χ2n) is 9.16. The van der Waals surface area contributed by atoms with Gasteiger partial charge in [-0.2, -0.15) is 20.1 Å². The summed E-state index contributed by atoms with van der Waals surface area (Å²) in [4.78, 5) is 17.3. The summed E-state index contributed by atoms with van der Waals surface area (Å²) < 4.78 is 35.6. The third-order valence-corrected chi connectivity index (χ3v) is 7.15. The van der Waals surface area contributed by atoms with Crippen LogP contribution >= 0.6 is 0 Å². The summed E-state index contributed by atoms with van der Waals surface area (Å²) in [6.07, 6.45) is 6.27. The lowest BCUT2D eigenvalue weighted by molar-refractivity contribution is 0.0391. The van der Waals surface area contributed by atoms with E-state index in [9.17, 15) is 13.6 Å². The minimum absolute atomic E-state index is 0.0571. The van der Waals surface area contributed by atoms with Gasteiger partial charge in [-0.3, -0.25) is 9.48 Å². The number of hydrogen-bond donors (Lipinski definition) is 0. The van der Waals surface area contributed by atoms with E-state index in [4.69, 9.17) is 9.84 Å². The van der Waals surface area contributed by atoms with Crippen LogP contribution in [0.3, 0.4) is 0 Å². The van der Waals surface area contributed by atoms with Crippen LogP contribution in [0.2, 0.25) is 0 Å². The second kappa shape index (κ2) is 8.54. The van der Waals surface area contributed by atoms with Crippen LogP contribution in [-0.2, 0) is 13.5 Å². The van der Waals surface area contributed by atoms with Crippen molar-refractivity contribution in [3.63, 3.8) is 0 Å². The van der Waals surface area contributed by atoms with E-state index in [1.165, 1.54) is 24.0 Å². The summed E-state index contributed by atoms with van der Waals surface area (Å²) in [7, 11) is 3.00. The van der Waals surface area contributed by atoms with E-state index >= 15 is 0 Å². The number of methoxy groups -OCH3 is 1. The van der Waals surface area contributed by atoms with Gasteiger partial charge in [0.05, 0.1) is 48.2 Å². The molecule has 2 atom stereocenters. The molecule has 2 aromatic heterocycles. The number of aromatic nitrogens is 5. The quantitative estimate of drug-likeness (QED) is 0.428. The molecule has 0 N–H and O–H groups in total. The van der Waals surface area contributed by atoms with Crippen molar-refractivity contribution in [1.29, 1.82) is 0 Å². The van der Waals surface area contributed by atoms with Gasteiger partial charge in [0.2, 0.25) is 0 Å². The van der Waals surface area contributed by atoms with Gasteiger partial charge in [-0.25, -0.2) is 8.78 Å². The maximum atomic E-state index is 14.5. The molecule has 1 saturated heterocycles. The van der Waals surface area contributed by atoms with Gasteiger partial charge in [0, 0.05) is 24.2 Å². The molecule has 0 spiro atoms. The predicted molar refractivity (Wildman–Crippen MR) is 127 cm³/mol. The topological polar surface area (TPSA) is 78.1 Å². The molecule has 184 valence electrons. The summed E-state index contributed by atoms with van der Waals surface area (Å²) in [5.74, 6) is -2.04. The average Bonchev–Trinajstić information content (AvgIpc) is 3.51. The molecule has 4 aromatic rings. The minimum atomic E-state index is -0.765. The molecule has 0 aliphatic carbocycles. The lowest BCUT2D eigenvalue weighted by Crippen LogP contribution is -2.50. The fourth-order valence-electron chi connectivity index (χ4n) is 5.71. The van der Waals surface area contributed by atoms with Crippen LogP contribution in [0.4, 0.5) is 8.78 Å². The normalized spacial score (nSPS) is 18.7. The van der Waals surface area contributed by atoms with E-state index < -0.39 is 17.4 Å². The summed E-state index contributed by atoms with van der Waals surface area (Å²) in [5, 5.41) is 13.2. The van der Waals surface area contributed by atoms with E-state index in [0.717, 1.165) is 30.5 Å². The van der Waals surface area contributed by atoms with E-state index in [-0.39, 0.29) is 18.0 Å². The van der Waals surface area contributed by atoms with Gasteiger partial charge in [0.15, 0.2) is 17.4 Å². The minimum Gasteiger partial charge on any atom is -0.491 e. The van der Waals surface area contributed by atoms with Gasteiger partial charge in [-0.15, -0.1) is 0 Å². The summed E-state index contributed by atoms with van der Waals surface area (Å²) in [5.41, 5.74) is 3.91. The summed E-state index contributed by atoms with van der Waals surface area (Å²) in [6.45, 7) is 0. The number of benzene rings is 2. The molecule has 2 aromatic carbocycles. The van der Waals surface area contributed by atoms with E-state index in [2.05, 4.69) is 10.2 Å². The Kier molecular flexibility index (Phi) is 5.31. The predicted octanol–water partition coefficient (Wildman–Crippen LogP) is 4.25. The van der Waals surface area contributed by atoms with Gasteiger partial charge in [0.1, 0.15) is 0 Å². The molecular weight excluding hydrogens is 466 g/mol. The number of aryl methyl sites for hydroxylation is 1. The molecule has 2 aliphatic rings. The Balaban J connectivity index is 1.43. The van der Waals surface area contributed by atoms with Crippen molar-refractivity contribution in [3.8, 4) is 22.7 Å². The summed E-state index contributed by atoms with van der Waals surface area (Å²) >= 11 is 0. The number of rotatable bonds is 4. The molecule has 0 radical (unpaired) electrons. The van der Waals surface area contributed by atoms with Crippen LogP contribution in [0.1, 0.15) is 46.9 Å². The van der Waals surface area contributed by atoms with E-state index in [1.807, 2.05) is 23.1 Å². The fraction of sp³-hybridized carbons (Fsp3) is 0.308. The first-order valence-electron chi connectivity index (χ1n) is 11.9. The van der Waals surface area contributed by atoms with Crippen molar-refractivity contribution < 1.29 is 18.3 Å². The van der Waals surface area contributed by atoms with Crippen LogP contribution in [0.25, 0.3) is 16.9 Å². The summed E-state index contributed by atoms with van der Waals surface area (Å²) in [6, 6.07) is 9.56. The maximum Gasteiger partial charge on any atom is 0.256 e. The molecule has 2 aliphatic heterocycles. The van der Waals surface area contributed by atoms with E-state index in [0.29, 0.717) is 28.9 Å². The van der Waals surface area contributed by atoms with Crippen molar-refractivity contribution in [2.75, 3.05) is 7.11 Å². The molecule has 36 heavy (non-hydrogen) atoms. The highest BCUT2D eigenvalue weighted by Crippen LogP contribution is 2.45. The molecule has 0 unspecified atom stereocenters. The number of nitrogens with zero attached hydrogens (tertiary/aromatic N) is 6. The highest BCUT2D eigenvalue weighted by molar-refractivity contribution is 5.98. The third kappa shape index (κ3) is 3.39. The van der Waals surface area contributed by atoms with Crippen LogP contribution in [0.5, 0.6) is 5.75 Å². The zero-order valence-electron chi connectivity index (χ0n) is 19.9. The molecule has 4 heterocycles. The van der Waals surface area contributed by atoms with Crippen LogP contribution < -0.4 is 4.74 Å². The number of para-hydroxylation sites is 1. The molecule has 6 rings (SSSR count). The Morgan fingerprint density at radius 2 is 1.81 bits per heavy atom. The first kappa shape index (κ1) is 22.4. The number of halogens is 2. The van der Waals surface area contributed by atoms with Crippen molar-refractivity contribution in [3.05, 3.63) is 77.2 Å². The number of ether oxygens (including phenoxy) is 1. The van der Waals surface area contributed by atoms with Gasteiger partial charge in [-0.1, -0.05) is 12.1 Å². The Morgan fingerprint density at radius 1 is 1.08 bits per heavy atom. The highest BCUT2D eigenvalue weighted by atomic mass is 19.1. The number of hydrogen-bond acceptors (Lipinski definition) is 5. The Bertz CT molecular complexity index is 1440. The SMILES string of the molecule is COc1c(F)cc(-c2c3c(nn2C)[C@@H]2CCC[C@H](C3)N2C(=O)c2ccccc2-n2nccn2)cc1F. The van der Waals surface area contributed by atoms with Crippen molar-refractivity contribution >= 4 is 5.91 Å². The standard InChI is InChI=1S/C26H24F2N6O2/c1-32-24(15-12-19(27)25(36-2)20(28)13-15)18-14-16-6-5-9-22(23(18)31-32)33(16)26(35)17-7-3-4-8-21(17)34-29-10-11-30-34/h3-4,7-8,10-13,16,22H,5-6,9,14H2,1-2H3/t16-,22+/m1/s1. The molecule has 1 amide bonds. The Morgan fingerprint density at radius 3 is 2.53 bits per heavy atom. The number of carbonyl (C=O) groups is 1. The molecular formula is C26H24F2N6O2. The first-order chi connectivity index (χ1) is 17.5. The largest absolute Gasteiger partial charge is 0.491 e. The lowest BCUT2D eigenvalue weighted by Gasteiger charge is -2.45. The zero-order valence-corrected chi connectivity index (χ0v) is 19.9. The third-order valence-electron chi connectivity index (χ3n) is 7.15. The molecule has 0 saturated carbocycles. The molecule has 1 fully saturated rings. The average molecular weight is 491 g/mol. The van der Waals surface area contributed by atoms with E-state index in [1.54, 1.807) is 30.2 Å². The smallest absolute Gasteiger partial charge is 0.256 e. The lowest BCUT2D eigenvalue weighted by atomic mass is 9.81. The highest BCUT2D eigenvalue weighted by Gasteiger charge is 2.44. The van der Waals surface area contributed by atoms with Gasteiger partial charge < -0.3 is 9.64 Å². The Labute approximate surface area is 206 Å². The first-order valence-corrected chi connectivity index (χ1v) is 11.9. The molecule has 2 bridgehead atoms. The van der Waals surface area contributed by atoms with Crippen molar-refractivity contribution in [2.24, 2.45) is 7.05 Å². The zero-order chi connectivity index (χ0) is 25.0. The molecule has 8 nitrogen and oxygen atoms in total. The number of amides is 1. The fourth-order valence-corrected chi connectivity index (χ4v) is 5.71. The van der Waals surface area contributed by atoms with Crippen LogP contribution in [0.15, 0.2) is 48.8 Å². The van der Waals surface area contributed by atoms with Crippen LogP contribution in [-0.4, -0.2) is 48.7 Å². The monoisotopic (exact) mass is 490 g/mol. The Hall–Kier alpha value is -4.08. The van der Waals surface area contributed by atoms with Gasteiger partial charge in [0.25, 0.3) is 5.91 Å². The van der Waals surface area contributed by atoms with Crippen molar-refractivity contribution in [2.45, 2.75) is 37.8 Å². The number of carbonyl (C=O) groups excluding carboxylic acids is 1. The van der Waals surface area contributed by atoms with Crippen molar-refractivity contribution in [1.82, 2.24) is 29.7 Å². The number of fused-ring (bicyclic) bond motifs is 4. The number of piperidine rings is 1. The van der Waals surface area contributed by atoms with Gasteiger partial charge >= 0.3 is 0 Å².